The maximum atomic E-state index is 10.5. The van der Waals surface area contributed by atoms with Gasteiger partial charge in [-0.3, -0.25) is 4.79 Å². The van der Waals surface area contributed by atoms with Crippen molar-refractivity contribution in [1.82, 2.24) is 0 Å². The first-order chi connectivity index (χ1) is 8.10. The molecule has 0 aliphatic rings. The molecule has 0 bridgehead atoms. The molecule has 0 aromatic rings. The number of allylic oxidation sites excluding steroid dienone is 6. The summed E-state index contributed by atoms with van der Waals surface area (Å²) in [7, 11) is 0. The van der Waals surface area contributed by atoms with Crippen molar-refractivity contribution in [2.45, 2.75) is 33.6 Å². The molecule has 0 unspecified atom stereocenters. The summed E-state index contributed by atoms with van der Waals surface area (Å²) >= 11 is 0. The van der Waals surface area contributed by atoms with E-state index in [9.17, 15) is 9.59 Å². The van der Waals surface area contributed by atoms with Crippen LogP contribution in [0.4, 0.5) is 0 Å². The molecule has 0 saturated heterocycles. The first kappa shape index (κ1) is 15.1. The average molecular weight is 230 g/mol. The monoisotopic (exact) mass is 230 g/mol. The van der Waals surface area contributed by atoms with Gasteiger partial charge in [0.1, 0.15) is 12.6 Å². The minimum atomic E-state index is 0.180. The highest BCUT2D eigenvalue weighted by atomic mass is 16.1. The predicted molar refractivity (Wildman–Crippen MR) is 70.4 cm³/mol. The lowest BCUT2D eigenvalue weighted by molar-refractivity contribution is -0.109. The number of carbonyl (C=O) groups is 2. The van der Waals surface area contributed by atoms with Gasteiger partial charge in [0.05, 0.1) is 0 Å². The Morgan fingerprint density at radius 1 is 1.12 bits per heavy atom. The predicted octanol–water partition coefficient (Wildman–Crippen LogP) is 3.01. The van der Waals surface area contributed by atoms with Gasteiger partial charge in [-0.25, -0.2) is 0 Å². The molecule has 17 heavy (non-hydrogen) atoms. The summed E-state index contributed by atoms with van der Waals surface area (Å²) in [5.74, 6) is 5.92. The van der Waals surface area contributed by atoms with E-state index in [4.69, 9.17) is 0 Å². The fourth-order valence-electron chi connectivity index (χ4n) is 1.01. The molecule has 90 valence electrons. The first-order valence-corrected chi connectivity index (χ1v) is 5.49. The lowest BCUT2D eigenvalue weighted by atomic mass is 10.1. The van der Waals surface area contributed by atoms with Crippen LogP contribution < -0.4 is 0 Å². The number of hydrogen-bond donors (Lipinski definition) is 0. The fraction of sp³-hybridized carbons (Fsp3) is 0.333. The molecule has 0 N–H and O–H groups in total. The molecule has 0 aliphatic carbocycles. The van der Waals surface area contributed by atoms with E-state index >= 15 is 0 Å². The topological polar surface area (TPSA) is 34.1 Å². The van der Waals surface area contributed by atoms with Crippen molar-refractivity contribution in [3.8, 4) is 11.8 Å². The van der Waals surface area contributed by atoms with E-state index in [2.05, 4.69) is 11.8 Å². The van der Waals surface area contributed by atoms with Gasteiger partial charge in [-0.05, 0) is 44.4 Å². The lowest BCUT2D eigenvalue weighted by Gasteiger charge is -1.91. The van der Waals surface area contributed by atoms with Crippen LogP contribution in [0.3, 0.4) is 0 Å². The maximum absolute atomic E-state index is 10.5. The highest BCUT2D eigenvalue weighted by Gasteiger charge is 1.91. The van der Waals surface area contributed by atoms with Crippen LogP contribution in [0, 0.1) is 11.8 Å². The molecule has 2 nitrogen and oxygen atoms in total. The summed E-state index contributed by atoms with van der Waals surface area (Å²) in [5, 5.41) is 0. The fourth-order valence-corrected chi connectivity index (χ4v) is 1.01. The lowest BCUT2D eigenvalue weighted by Crippen LogP contribution is -1.85. The minimum absolute atomic E-state index is 0.180. The Labute approximate surface area is 103 Å². The Bertz CT molecular complexity index is 408. The Morgan fingerprint density at radius 2 is 1.82 bits per heavy atom. The Balaban J connectivity index is 4.40. The molecule has 0 aromatic heterocycles. The molecule has 0 saturated carbocycles. The Hall–Kier alpha value is -1.88. The van der Waals surface area contributed by atoms with Crippen molar-refractivity contribution in [1.29, 1.82) is 0 Å². The van der Waals surface area contributed by atoms with Crippen molar-refractivity contribution in [2.75, 3.05) is 0 Å². The molecule has 0 spiro atoms. The standard InChI is InChI=1S/C15H18O2/c1-13(2)6-4-7-14(3)8-5-9-15(12-17)10-11-16/h6,8-9,11-12H,5,10H2,1-3H3/b14-8+,15-9+. The van der Waals surface area contributed by atoms with Gasteiger partial charge in [-0.2, -0.15) is 0 Å². The van der Waals surface area contributed by atoms with Crippen LogP contribution >= 0.6 is 0 Å². The van der Waals surface area contributed by atoms with Crippen molar-refractivity contribution < 1.29 is 9.59 Å². The van der Waals surface area contributed by atoms with Crippen LogP contribution in [0.5, 0.6) is 0 Å². The second kappa shape index (κ2) is 9.35. The van der Waals surface area contributed by atoms with E-state index in [1.165, 1.54) is 5.57 Å². The van der Waals surface area contributed by atoms with Gasteiger partial charge >= 0.3 is 0 Å². The summed E-state index contributed by atoms with van der Waals surface area (Å²) in [6.45, 7) is 5.90. The van der Waals surface area contributed by atoms with Gasteiger partial charge in [0.2, 0.25) is 0 Å². The quantitative estimate of drug-likeness (QED) is 0.413. The van der Waals surface area contributed by atoms with Crippen LogP contribution in [0.15, 0.2) is 34.9 Å². The summed E-state index contributed by atoms with van der Waals surface area (Å²) < 4.78 is 0. The highest BCUT2D eigenvalue weighted by Crippen LogP contribution is 2.00. The number of aldehydes is 2. The number of rotatable bonds is 5. The van der Waals surface area contributed by atoms with E-state index in [-0.39, 0.29) is 6.42 Å². The van der Waals surface area contributed by atoms with Gasteiger partial charge < -0.3 is 4.79 Å². The smallest absolute Gasteiger partial charge is 0.146 e. The largest absolute Gasteiger partial charge is 0.303 e. The normalized spacial score (nSPS) is 11.2. The first-order valence-electron chi connectivity index (χ1n) is 5.49. The molecule has 2 heteroatoms. The van der Waals surface area contributed by atoms with Gasteiger partial charge in [-0.1, -0.05) is 29.6 Å². The summed E-state index contributed by atoms with van der Waals surface area (Å²) in [6, 6.07) is 0. The third-order valence-corrected chi connectivity index (χ3v) is 1.90. The van der Waals surface area contributed by atoms with Crippen molar-refractivity contribution in [3.05, 3.63) is 34.9 Å². The second-order valence-corrected chi connectivity index (χ2v) is 3.88. The van der Waals surface area contributed by atoms with E-state index in [1.807, 2.05) is 32.9 Å². The molecule has 0 atom stereocenters. The zero-order valence-corrected chi connectivity index (χ0v) is 10.6. The van der Waals surface area contributed by atoms with Gasteiger partial charge in [0.25, 0.3) is 0 Å². The van der Waals surface area contributed by atoms with E-state index < -0.39 is 0 Å². The van der Waals surface area contributed by atoms with Gasteiger partial charge in [0.15, 0.2) is 0 Å². The van der Waals surface area contributed by atoms with Crippen LogP contribution in [0.2, 0.25) is 0 Å². The molecule has 0 radical (unpaired) electrons. The molecule has 0 amide bonds. The summed E-state index contributed by atoms with van der Waals surface area (Å²) in [6.07, 6.45) is 7.78. The minimum Gasteiger partial charge on any atom is -0.303 e. The van der Waals surface area contributed by atoms with Crippen LogP contribution in [-0.4, -0.2) is 12.6 Å². The third kappa shape index (κ3) is 9.07. The summed E-state index contributed by atoms with van der Waals surface area (Å²) in [5.41, 5.74) is 2.64. The van der Waals surface area contributed by atoms with E-state index in [0.717, 1.165) is 11.9 Å². The second-order valence-electron chi connectivity index (χ2n) is 3.88. The van der Waals surface area contributed by atoms with Crippen LogP contribution in [0.1, 0.15) is 33.6 Å². The molecular formula is C15H18O2. The third-order valence-electron chi connectivity index (χ3n) is 1.90. The molecule has 0 aromatic carbocycles. The molecular weight excluding hydrogens is 212 g/mol. The highest BCUT2D eigenvalue weighted by molar-refractivity contribution is 5.78. The van der Waals surface area contributed by atoms with Crippen molar-refractivity contribution in [2.24, 2.45) is 0 Å². The zero-order chi connectivity index (χ0) is 13.1. The van der Waals surface area contributed by atoms with E-state index in [0.29, 0.717) is 18.3 Å². The van der Waals surface area contributed by atoms with Crippen LogP contribution in [-0.2, 0) is 9.59 Å². The van der Waals surface area contributed by atoms with Gasteiger partial charge in [-0.15, -0.1) is 0 Å². The Morgan fingerprint density at radius 3 is 2.35 bits per heavy atom. The van der Waals surface area contributed by atoms with E-state index in [1.54, 1.807) is 6.08 Å². The van der Waals surface area contributed by atoms with Crippen LogP contribution in [0.25, 0.3) is 0 Å². The van der Waals surface area contributed by atoms with Crippen molar-refractivity contribution in [3.63, 3.8) is 0 Å². The number of hydrogen-bond acceptors (Lipinski definition) is 2. The maximum Gasteiger partial charge on any atom is 0.146 e. The average Bonchev–Trinajstić information content (AvgIpc) is 2.27. The molecule has 0 rings (SSSR count). The molecule has 0 heterocycles. The molecule has 0 fully saturated rings. The number of carbonyl (C=O) groups excluding carboxylic acids is 2. The van der Waals surface area contributed by atoms with Gasteiger partial charge in [0, 0.05) is 6.42 Å². The zero-order valence-electron chi connectivity index (χ0n) is 10.6. The summed E-state index contributed by atoms with van der Waals surface area (Å²) in [4.78, 5) is 20.8. The Kier molecular flexibility index (Phi) is 8.32. The van der Waals surface area contributed by atoms with Crippen molar-refractivity contribution >= 4 is 12.6 Å². The molecule has 0 aliphatic heterocycles. The SMILES string of the molecule is CC(C)=CC#C/C(C)=C/C/C=C(/C=O)CC=O.